The Balaban J connectivity index is 2.34. The third kappa shape index (κ3) is 1.64. The van der Waals surface area contributed by atoms with Crippen LogP contribution in [0.2, 0.25) is 5.02 Å². The van der Waals surface area contributed by atoms with Crippen LogP contribution in [0.15, 0.2) is 42.7 Å². The highest BCUT2D eigenvalue weighted by Crippen LogP contribution is 2.33. The van der Waals surface area contributed by atoms with Crippen LogP contribution in [0.3, 0.4) is 0 Å². The van der Waals surface area contributed by atoms with Gasteiger partial charge in [0.1, 0.15) is 0 Å². The Hall–Kier alpha value is -2.00. The highest BCUT2D eigenvalue weighted by Gasteiger charge is 2.11. The number of anilines is 1. The fraction of sp³-hybridized carbons (Fsp3) is 0.0714. The molecular formula is C14H12ClN3. The number of hydrogen-bond acceptors (Lipinski definition) is 2. The summed E-state index contributed by atoms with van der Waals surface area (Å²) in [4.78, 5) is 4.37. The highest BCUT2D eigenvalue weighted by molar-refractivity contribution is 6.35. The van der Waals surface area contributed by atoms with Crippen LogP contribution < -0.4 is 5.73 Å². The van der Waals surface area contributed by atoms with E-state index in [-0.39, 0.29) is 0 Å². The van der Waals surface area contributed by atoms with Gasteiger partial charge >= 0.3 is 0 Å². The molecule has 0 radical (unpaired) electrons. The number of hydrogen-bond donors (Lipinski definition) is 1. The van der Waals surface area contributed by atoms with E-state index in [9.17, 15) is 0 Å². The van der Waals surface area contributed by atoms with E-state index in [1.807, 2.05) is 42.1 Å². The van der Waals surface area contributed by atoms with Gasteiger partial charge in [0.15, 0.2) is 0 Å². The molecule has 2 N–H and O–H groups in total. The number of pyridine rings is 1. The van der Waals surface area contributed by atoms with E-state index in [2.05, 4.69) is 4.98 Å². The van der Waals surface area contributed by atoms with Crippen molar-refractivity contribution in [3.8, 4) is 11.3 Å². The zero-order valence-corrected chi connectivity index (χ0v) is 10.6. The summed E-state index contributed by atoms with van der Waals surface area (Å²) in [6.45, 7) is 0. The summed E-state index contributed by atoms with van der Waals surface area (Å²) in [5.74, 6) is 0. The van der Waals surface area contributed by atoms with Crippen LogP contribution in [0.1, 0.15) is 0 Å². The lowest BCUT2D eigenvalue weighted by Crippen LogP contribution is -1.87. The zero-order valence-electron chi connectivity index (χ0n) is 9.89. The molecule has 3 rings (SSSR count). The van der Waals surface area contributed by atoms with Gasteiger partial charge in [-0.3, -0.25) is 4.98 Å². The van der Waals surface area contributed by atoms with Crippen molar-refractivity contribution < 1.29 is 0 Å². The monoisotopic (exact) mass is 257 g/mol. The fourth-order valence-corrected chi connectivity index (χ4v) is 2.53. The summed E-state index contributed by atoms with van der Waals surface area (Å²) in [7, 11) is 1.98. The highest BCUT2D eigenvalue weighted by atomic mass is 35.5. The molecule has 2 aromatic heterocycles. The van der Waals surface area contributed by atoms with Crippen LogP contribution in [0, 0.1) is 0 Å². The van der Waals surface area contributed by atoms with E-state index >= 15 is 0 Å². The lowest BCUT2D eigenvalue weighted by molar-refractivity contribution is 0.969. The molecule has 0 bridgehead atoms. The predicted molar refractivity (Wildman–Crippen MR) is 75.6 cm³/mol. The average molecular weight is 258 g/mol. The van der Waals surface area contributed by atoms with E-state index in [0.717, 1.165) is 27.2 Å². The van der Waals surface area contributed by atoms with Gasteiger partial charge in [-0.2, -0.15) is 0 Å². The largest absolute Gasteiger partial charge is 0.399 e. The normalized spacial score (nSPS) is 11.0. The lowest BCUT2D eigenvalue weighted by atomic mass is 10.1. The van der Waals surface area contributed by atoms with Gasteiger partial charge in [0.05, 0.1) is 16.2 Å². The van der Waals surface area contributed by atoms with Gasteiger partial charge in [0.25, 0.3) is 0 Å². The van der Waals surface area contributed by atoms with Gasteiger partial charge in [-0.05, 0) is 18.2 Å². The summed E-state index contributed by atoms with van der Waals surface area (Å²) < 4.78 is 2.01. The molecule has 0 fully saturated rings. The second-order valence-electron chi connectivity index (χ2n) is 4.26. The molecule has 90 valence electrons. The maximum absolute atomic E-state index is 6.23. The first-order chi connectivity index (χ1) is 8.66. The quantitative estimate of drug-likeness (QED) is 0.725. The van der Waals surface area contributed by atoms with Crippen molar-refractivity contribution in [2.24, 2.45) is 7.05 Å². The van der Waals surface area contributed by atoms with Crippen LogP contribution in [0.25, 0.3) is 22.2 Å². The molecule has 0 spiro atoms. The van der Waals surface area contributed by atoms with Gasteiger partial charge in [0, 0.05) is 36.1 Å². The van der Waals surface area contributed by atoms with E-state index in [1.54, 1.807) is 12.3 Å². The van der Waals surface area contributed by atoms with Crippen molar-refractivity contribution >= 4 is 28.2 Å². The molecule has 0 amide bonds. The van der Waals surface area contributed by atoms with E-state index in [1.165, 1.54) is 0 Å². The Kier molecular flexibility index (Phi) is 2.49. The molecule has 0 unspecified atom stereocenters. The number of aryl methyl sites for hydroxylation is 1. The van der Waals surface area contributed by atoms with Crippen molar-refractivity contribution in [2.45, 2.75) is 0 Å². The first-order valence-electron chi connectivity index (χ1n) is 5.62. The van der Waals surface area contributed by atoms with Crippen LogP contribution in [0.4, 0.5) is 5.69 Å². The second-order valence-corrected chi connectivity index (χ2v) is 4.67. The van der Waals surface area contributed by atoms with Crippen molar-refractivity contribution in [2.75, 3.05) is 5.73 Å². The number of rotatable bonds is 1. The predicted octanol–water partition coefficient (Wildman–Crippen LogP) is 3.48. The first-order valence-corrected chi connectivity index (χ1v) is 6.00. The summed E-state index contributed by atoms with van der Waals surface area (Å²) in [5.41, 5.74) is 9.43. The van der Waals surface area contributed by atoms with Crippen molar-refractivity contribution in [1.82, 2.24) is 9.55 Å². The fourth-order valence-electron chi connectivity index (χ4n) is 2.22. The molecule has 0 saturated heterocycles. The van der Waals surface area contributed by atoms with Gasteiger partial charge in [-0.25, -0.2) is 0 Å². The van der Waals surface area contributed by atoms with Crippen molar-refractivity contribution in [3.05, 3.63) is 47.7 Å². The van der Waals surface area contributed by atoms with Crippen LogP contribution in [-0.2, 0) is 7.05 Å². The Morgan fingerprint density at radius 3 is 2.89 bits per heavy atom. The molecule has 0 aliphatic heterocycles. The summed E-state index contributed by atoms with van der Waals surface area (Å²) in [5, 5.41) is 1.83. The summed E-state index contributed by atoms with van der Waals surface area (Å²) in [6, 6.07) is 9.53. The molecule has 2 heterocycles. The minimum atomic E-state index is 0.707. The Bertz CT molecular complexity index is 731. The van der Waals surface area contributed by atoms with Gasteiger partial charge < -0.3 is 10.3 Å². The molecule has 0 saturated carbocycles. The first kappa shape index (κ1) is 11.1. The number of nitrogens with two attached hydrogens (primary N) is 1. The van der Waals surface area contributed by atoms with Crippen molar-refractivity contribution in [3.63, 3.8) is 0 Å². The number of nitrogens with zero attached hydrogens (tertiary/aromatic N) is 2. The Labute approximate surface area is 110 Å². The SMILES string of the molecule is Cn1cc(-c2cc(N)ccn2)c2cccc(Cl)c21. The minimum Gasteiger partial charge on any atom is -0.399 e. The standard InChI is InChI=1S/C14H12ClN3/c1-18-8-11(13-7-9(16)5-6-17-13)10-3-2-4-12(15)14(10)18/h2-8H,1H3,(H2,16,17). The van der Waals surface area contributed by atoms with Gasteiger partial charge in [-0.15, -0.1) is 0 Å². The number of aromatic nitrogens is 2. The summed E-state index contributed by atoms with van der Waals surface area (Å²) in [6.07, 6.45) is 3.74. The molecule has 18 heavy (non-hydrogen) atoms. The molecule has 0 aliphatic rings. The zero-order chi connectivity index (χ0) is 12.7. The molecule has 0 atom stereocenters. The van der Waals surface area contributed by atoms with Gasteiger partial charge in [0.2, 0.25) is 0 Å². The number of halogens is 1. The third-order valence-corrected chi connectivity index (χ3v) is 3.32. The second kappa shape index (κ2) is 4.03. The molecule has 3 nitrogen and oxygen atoms in total. The van der Waals surface area contributed by atoms with Crippen molar-refractivity contribution in [1.29, 1.82) is 0 Å². The summed E-state index contributed by atoms with van der Waals surface area (Å²) >= 11 is 6.23. The molecule has 4 heteroatoms. The van der Waals surface area contributed by atoms with E-state index in [4.69, 9.17) is 17.3 Å². The average Bonchev–Trinajstić information content (AvgIpc) is 2.68. The topological polar surface area (TPSA) is 43.8 Å². The molecule has 1 aromatic carbocycles. The van der Waals surface area contributed by atoms with Crippen LogP contribution in [-0.4, -0.2) is 9.55 Å². The Morgan fingerprint density at radius 1 is 1.28 bits per heavy atom. The minimum absolute atomic E-state index is 0.707. The maximum Gasteiger partial charge on any atom is 0.0743 e. The lowest BCUT2D eigenvalue weighted by Gasteiger charge is -2.00. The number of fused-ring (bicyclic) bond motifs is 1. The van der Waals surface area contributed by atoms with E-state index < -0.39 is 0 Å². The Morgan fingerprint density at radius 2 is 2.11 bits per heavy atom. The third-order valence-electron chi connectivity index (χ3n) is 3.01. The van der Waals surface area contributed by atoms with Crippen LogP contribution in [0.5, 0.6) is 0 Å². The molecule has 3 aromatic rings. The number of benzene rings is 1. The smallest absolute Gasteiger partial charge is 0.0743 e. The molecular weight excluding hydrogens is 246 g/mol. The number of para-hydroxylation sites is 1. The molecule has 0 aliphatic carbocycles. The number of nitrogen functional groups attached to an aromatic ring is 1. The van der Waals surface area contributed by atoms with Crippen LogP contribution >= 0.6 is 11.6 Å². The maximum atomic E-state index is 6.23. The van der Waals surface area contributed by atoms with Gasteiger partial charge in [-0.1, -0.05) is 23.7 Å². The van der Waals surface area contributed by atoms with E-state index in [0.29, 0.717) is 5.69 Å².